The number of rotatable bonds is 3. The number of carbonyl (C=O) groups is 1. The molecule has 0 amide bonds. The van der Waals surface area contributed by atoms with Gasteiger partial charge in [0.05, 0.1) is 12.8 Å². The van der Waals surface area contributed by atoms with E-state index in [1.54, 1.807) is 6.07 Å². The van der Waals surface area contributed by atoms with Crippen LogP contribution in [0.25, 0.3) is 0 Å². The Balaban J connectivity index is 2.27. The van der Waals surface area contributed by atoms with Gasteiger partial charge in [-0.2, -0.15) is 0 Å². The molecule has 0 spiro atoms. The molecule has 2 rings (SSSR count). The molecule has 0 radical (unpaired) electrons. The van der Waals surface area contributed by atoms with Gasteiger partial charge in [-0.05, 0) is 25.0 Å². The smallest absolute Gasteiger partial charge is 0.328 e. The number of anilines is 1. The Bertz CT molecular complexity index is 478. The van der Waals surface area contributed by atoms with Crippen LogP contribution in [0.2, 0.25) is 0 Å². The molecular formula is C12H15N3O2S. The Hall–Kier alpha value is -1.69. The van der Waals surface area contributed by atoms with Crippen molar-refractivity contribution in [1.29, 1.82) is 0 Å². The van der Waals surface area contributed by atoms with Gasteiger partial charge < -0.3 is 15.4 Å². The van der Waals surface area contributed by atoms with E-state index < -0.39 is 0 Å². The topological polar surface area (TPSA) is 68.5 Å². The molecule has 2 heterocycles. The van der Waals surface area contributed by atoms with Gasteiger partial charge in [0.25, 0.3) is 0 Å². The molecule has 0 bridgehead atoms. The summed E-state index contributed by atoms with van der Waals surface area (Å²) in [6.07, 6.45) is 1.73. The Morgan fingerprint density at radius 2 is 2.39 bits per heavy atom. The molecule has 1 aromatic heterocycles. The molecule has 0 aromatic carbocycles. The second kappa shape index (κ2) is 5.30. The van der Waals surface area contributed by atoms with E-state index in [0.29, 0.717) is 11.5 Å². The van der Waals surface area contributed by atoms with Crippen LogP contribution >= 0.6 is 12.2 Å². The first-order valence-corrected chi connectivity index (χ1v) is 6.15. The largest absolute Gasteiger partial charge is 0.467 e. The van der Waals surface area contributed by atoms with E-state index in [-0.39, 0.29) is 17.0 Å². The lowest BCUT2D eigenvalue weighted by Gasteiger charge is -2.23. The summed E-state index contributed by atoms with van der Waals surface area (Å²) in [4.78, 5) is 18.2. The molecule has 0 saturated carbocycles. The predicted molar refractivity (Wildman–Crippen MR) is 72.5 cm³/mol. The average Bonchev–Trinajstić information content (AvgIpc) is 2.87. The molecule has 5 nitrogen and oxygen atoms in total. The number of thiocarbonyl (C=S) groups is 1. The fraction of sp³-hybridized carbons (Fsp3) is 0.417. The van der Waals surface area contributed by atoms with Gasteiger partial charge in [0.1, 0.15) is 16.8 Å². The molecular weight excluding hydrogens is 250 g/mol. The first-order chi connectivity index (χ1) is 8.63. The third-order valence-corrected chi connectivity index (χ3v) is 3.22. The van der Waals surface area contributed by atoms with Gasteiger partial charge >= 0.3 is 5.97 Å². The highest BCUT2D eigenvalue weighted by Gasteiger charge is 2.32. The van der Waals surface area contributed by atoms with E-state index in [9.17, 15) is 4.79 Å². The van der Waals surface area contributed by atoms with Gasteiger partial charge in [0.15, 0.2) is 0 Å². The van der Waals surface area contributed by atoms with Crippen molar-refractivity contribution in [3.63, 3.8) is 0 Å². The van der Waals surface area contributed by atoms with Crippen molar-refractivity contribution in [3.05, 3.63) is 23.9 Å². The van der Waals surface area contributed by atoms with Crippen LogP contribution < -0.4 is 10.6 Å². The first-order valence-electron chi connectivity index (χ1n) is 5.75. The van der Waals surface area contributed by atoms with Crippen molar-refractivity contribution in [2.75, 3.05) is 18.6 Å². The third-order valence-electron chi connectivity index (χ3n) is 3.01. The molecule has 1 unspecified atom stereocenters. The average molecular weight is 265 g/mol. The molecule has 1 saturated heterocycles. The molecule has 6 heteroatoms. The SMILES string of the molecule is COC(=O)C1CCCN1c1cccc(C(N)=S)n1. The summed E-state index contributed by atoms with van der Waals surface area (Å²) in [6, 6.07) is 5.19. The number of methoxy groups -OCH3 is 1. The molecule has 1 atom stereocenters. The van der Waals surface area contributed by atoms with Crippen LogP contribution in [-0.2, 0) is 9.53 Å². The van der Waals surface area contributed by atoms with Gasteiger partial charge in [-0.1, -0.05) is 18.3 Å². The molecule has 1 aliphatic rings. The lowest BCUT2D eigenvalue weighted by Crippen LogP contribution is -2.37. The molecule has 1 aliphatic heterocycles. The number of nitrogens with two attached hydrogens (primary N) is 1. The Morgan fingerprint density at radius 1 is 1.61 bits per heavy atom. The monoisotopic (exact) mass is 265 g/mol. The van der Waals surface area contributed by atoms with Crippen molar-refractivity contribution in [3.8, 4) is 0 Å². The fourth-order valence-electron chi connectivity index (χ4n) is 2.14. The number of pyridine rings is 1. The van der Waals surface area contributed by atoms with E-state index >= 15 is 0 Å². The van der Waals surface area contributed by atoms with Crippen molar-refractivity contribution in [2.24, 2.45) is 5.73 Å². The number of esters is 1. The zero-order valence-electron chi connectivity index (χ0n) is 10.1. The van der Waals surface area contributed by atoms with E-state index in [4.69, 9.17) is 22.7 Å². The number of carbonyl (C=O) groups excluding carboxylic acids is 1. The quantitative estimate of drug-likeness (QED) is 0.645. The van der Waals surface area contributed by atoms with Gasteiger partial charge in [-0.15, -0.1) is 0 Å². The van der Waals surface area contributed by atoms with Gasteiger partial charge in [-0.3, -0.25) is 0 Å². The van der Waals surface area contributed by atoms with Crippen LogP contribution in [0.3, 0.4) is 0 Å². The minimum atomic E-state index is -0.260. The maximum Gasteiger partial charge on any atom is 0.328 e. The summed E-state index contributed by atoms with van der Waals surface area (Å²) in [6.45, 7) is 0.785. The lowest BCUT2D eigenvalue weighted by molar-refractivity contribution is -0.141. The van der Waals surface area contributed by atoms with Gasteiger partial charge in [-0.25, -0.2) is 9.78 Å². The predicted octanol–water partition coefficient (Wildman–Crippen LogP) is 0.858. The number of hydrogen-bond donors (Lipinski definition) is 1. The van der Waals surface area contributed by atoms with E-state index in [1.165, 1.54) is 7.11 Å². The first kappa shape index (κ1) is 12.8. The van der Waals surface area contributed by atoms with Crippen LogP contribution in [0.5, 0.6) is 0 Å². The maximum atomic E-state index is 11.7. The Labute approximate surface area is 111 Å². The van der Waals surface area contributed by atoms with Gasteiger partial charge in [0.2, 0.25) is 0 Å². The van der Waals surface area contributed by atoms with E-state index in [2.05, 4.69) is 4.98 Å². The van der Waals surface area contributed by atoms with Crippen LogP contribution in [0.4, 0.5) is 5.82 Å². The normalized spacial score (nSPS) is 18.7. The number of ether oxygens (including phenoxy) is 1. The maximum absolute atomic E-state index is 11.7. The lowest BCUT2D eigenvalue weighted by atomic mass is 10.2. The summed E-state index contributed by atoms with van der Waals surface area (Å²) in [5.41, 5.74) is 6.13. The molecule has 96 valence electrons. The molecule has 18 heavy (non-hydrogen) atoms. The van der Waals surface area contributed by atoms with E-state index in [1.807, 2.05) is 17.0 Å². The highest BCUT2D eigenvalue weighted by molar-refractivity contribution is 7.80. The van der Waals surface area contributed by atoms with Crippen LogP contribution in [-0.4, -0.2) is 35.6 Å². The minimum Gasteiger partial charge on any atom is -0.467 e. The minimum absolute atomic E-state index is 0.227. The van der Waals surface area contributed by atoms with Crippen molar-refractivity contribution < 1.29 is 9.53 Å². The number of aromatic nitrogens is 1. The summed E-state index contributed by atoms with van der Waals surface area (Å²) >= 11 is 4.91. The van der Waals surface area contributed by atoms with Crippen molar-refractivity contribution >= 4 is 29.0 Å². The Morgan fingerprint density at radius 3 is 3.06 bits per heavy atom. The summed E-state index contributed by atoms with van der Waals surface area (Å²) in [5.74, 6) is 0.489. The Kier molecular flexibility index (Phi) is 3.76. The molecule has 2 N–H and O–H groups in total. The summed E-state index contributed by atoms with van der Waals surface area (Å²) < 4.78 is 4.80. The van der Waals surface area contributed by atoms with Crippen LogP contribution in [0, 0.1) is 0 Å². The van der Waals surface area contributed by atoms with Crippen LogP contribution in [0.15, 0.2) is 18.2 Å². The van der Waals surface area contributed by atoms with E-state index in [0.717, 1.165) is 19.4 Å². The standard InChI is InChI=1S/C12H15N3O2S/c1-17-12(16)9-5-3-7-15(9)10-6-2-4-8(14-10)11(13)18/h2,4,6,9H,3,5,7H2,1H3,(H2,13,18). The number of hydrogen-bond acceptors (Lipinski definition) is 5. The summed E-state index contributed by atoms with van der Waals surface area (Å²) in [5, 5.41) is 0. The highest BCUT2D eigenvalue weighted by atomic mass is 32.1. The molecule has 1 aromatic rings. The second-order valence-corrected chi connectivity index (χ2v) is 4.56. The van der Waals surface area contributed by atoms with Crippen molar-refractivity contribution in [1.82, 2.24) is 4.98 Å². The molecule has 0 aliphatic carbocycles. The zero-order valence-corrected chi connectivity index (χ0v) is 10.9. The van der Waals surface area contributed by atoms with Crippen molar-refractivity contribution in [2.45, 2.75) is 18.9 Å². The van der Waals surface area contributed by atoms with Gasteiger partial charge in [0, 0.05) is 6.54 Å². The molecule has 1 fully saturated rings. The third kappa shape index (κ3) is 2.43. The zero-order chi connectivity index (χ0) is 13.1. The fourth-order valence-corrected chi connectivity index (χ4v) is 2.26. The second-order valence-electron chi connectivity index (χ2n) is 4.12. The highest BCUT2D eigenvalue weighted by Crippen LogP contribution is 2.24. The number of nitrogens with zero attached hydrogens (tertiary/aromatic N) is 2. The summed E-state index contributed by atoms with van der Waals surface area (Å²) in [7, 11) is 1.40. The van der Waals surface area contributed by atoms with Crippen LogP contribution in [0.1, 0.15) is 18.5 Å².